The lowest BCUT2D eigenvalue weighted by atomic mass is 10.3. The van der Waals surface area contributed by atoms with Crippen LogP contribution in [0.25, 0.3) is 22.6 Å². The molecule has 1 aliphatic heterocycles. The number of rotatable bonds is 5. The van der Waals surface area contributed by atoms with Crippen LogP contribution in [0.2, 0.25) is 0 Å². The first-order valence-electron chi connectivity index (χ1n) is 10.1. The summed E-state index contributed by atoms with van der Waals surface area (Å²) >= 11 is 0. The first-order chi connectivity index (χ1) is 14.1. The number of hydrogen-bond acceptors (Lipinski definition) is 7. The van der Waals surface area contributed by atoms with Crippen LogP contribution >= 0.6 is 0 Å². The number of carbonyl (C=O) groups is 1. The van der Waals surface area contributed by atoms with Gasteiger partial charge in [-0.25, -0.2) is 19.9 Å². The van der Waals surface area contributed by atoms with Crippen LogP contribution in [0, 0.1) is 12.8 Å². The minimum Gasteiger partial charge on any atom is -0.471 e. The maximum atomic E-state index is 12.3. The molecule has 1 aliphatic carbocycles. The summed E-state index contributed by atoms with van der Waals surface area (Å²) in [6, 6.07) is 0. The molecule has 0 N–H and O–H groups in total. The topological polar surface area (TPSA) is 98.9 Å². The maximum absolute atomic E-state index is 12.3. The summed E-state index contributed by atoms with van der Waals surface area (Å²) in [5, 5.41) is 0. The molecule has 3 aromatic rings. The van der Waals surface area contributed by atoms with Crippen molar-refractivity contribution < 1.29 is 9.53 Å². The van der Waals surface area contributed by atoms with Gasteiger partial charge in [-0.2, -0.15) is 4.98 Å². The zero-order valence-electron chi connectivity index (χ0n) is 16.6. The molecule has 3 aromatic heterocycles. The van der Waals surface area contributed by atoms with Gasteiger partial charge in [0.05, 0.1) is 12.1 Å². The zero-order valence-corrected chi connectivity index (χ0v) is 16.6. The molecule has 9 nitrogen and oxygen atoms in total. The summed E-state index contributed by atoms with van der Waals surface area (Å²) in [6.45, 7) is 5.93. The van der Waals surface area contributed by atoms with E-state index in [-0.39, 0.29) is 17.9 Å². The van der Waals surface area contributed by atoms with Crippen molar-refractivity contribution in [1.29, 1.82) is 0 Å². The average molecular weight is 393 g/mol. The number of imidazole rings is 1. The molecule has 2 aliphatic rings. The van der Waals surface area contributed by atoms with Gasteiger partial charge in [0, 0.05) is 37.8 Å². The highest BCUT2D eigenvalue weighted by Gasteiger charge is 2.37. The van der Waals surface area contributed by atoms with Crippen molar-refractivity contribution in [3.05, 3.63) is 24.5 Å². The first kappa shape index (κ1) is 18.0. The minimum absolute atomic E-state index is 0.0752. The Morgan fingerprint density at radius 3 is 2.69 bits per heavy atom. The molecule has 1 unspecified atom stereocenters. The highest BCUT2D eigenvalue weighted by molar-refractivity contribution is 5.82. The van der Waals surface area contributed by atoms with Gasteiger partial charge in [0.1, 0.15) is 24.1 Å². The number of ether oxygens (including phenoxy) is 1. The molecule has 1 saturated heterocycles. The number of hydrogen-bond donors (Lipinski definition) is 0. The van der Waals surface area contributed by atoms with Gasteiger partial charge >= 0.3 is 0 Å². The van der Waals surface area contributed by atoms with Gasteiger partial charge in [0.2, 0.25) is 11.8 Å². The molecule has 150 valence electrons. The third-order valence-corrected chi connectivity index (χ3v) is 5.52. The average Bonchev–Trinajstić information content (AvgIpc) is 3.36. The van der Waals surface area contributed by atoms with E-state index in [4.69, 9.17) is 9.72 Å². The Balaban J connectivity index is 1.44. The van der Waals surface area contributed by atoms with Gasteiger partial charge in [-0.3, -0.25) is 4.79 Å². The summed E-state index contributed by atoms with van der Waals surface area (Å²) in [6.07, 6.45) is 7.80. The standard InChI is InChI=1S/C20H23N7O2/c1-3-27-17(14-8-21-12(2)22-9-14)25-16-18(27)23-11-24-19(16)29-15-6-7-26(10-15)20(28)13-4-5-13/h8-9,11,13,15H,3-7,10H2,1-2H3. The highest BCUT2D eigenvalue weighted by Crippen LogP contribution is 2.33. The maximum Gasteiger partial charge on any atom is 0.245 e. The molecule has 1 amide bonds. The van der Waals surface area contributed by atoms with Crippen LogP contribution in [-0.4, -0.2) is 59.5 Å². The molecular weight excluding hydrogens is 370 g/mol. The summed E-state index contributed by atoms with van der Waals surface area (Å²) in [7, 11) is 0. The van der Waals surface area contributed by atoms with E-state index in [9.17, 15) is 4.79 Å². The van der Waals surface area contributed by atoms with Gasteiger partial charge in [-0.15, -0.1) is 0 Å². The Kier molecular flexibility index (Phi) is 4.37. The molecule has 2 fully saturated rings. The quantitative estimate of drug-likeness (QED) is 0.654. The summed E-state index contributed by atoms with van der Waals surface area (Å²) in [4.78, 5) is 36.3. The van der Waals surface area contributed by atoms with E-state index in [0.29, 0.717) is 30.3 Å². The van der Waals surface area contributed by atoms with E-state index in [1.54, 1.807) is 12.4 Å². The molecule has 0 bridgehead atoms. The van der Waals surface area contributed by atoms with Gasteiger partial charge in [0.15, 0.2) is 11.2 Å². The molecule has 0 aromatic carbocycles. The fourth-order valence-corrected chi connectivity index (χ4v) is 3.80. The molecule has 9 heteroatoms. The van der Waals surface area contributed by atoms with Crippen molar-refractivity contribution in [2.75, 3.05) is 13.1 Å². The lowest BCUT2D eigenvalue weighted by Gasteiger charge is -2.16. The summed E-state index contributed by atoms with van der Waals surface area (Å²) in [5.74, 6) is 2.41. The third-order valence-electron chi connectivity index (χ3n) is 5.52. The molecule has 1 saturated carbocycles. The van der Waals surface area contributed by atoms with Crippen molar-refractivity contribution >= 4 is 17.1 Å². The number of aromatic nitrogens is 6. The number of likely N-dealkylation sites (tertiary alicyclic amines) is 1. The van der Waals surface area contributed by atoms with Crippen LogP contribution in [0.4, 0.5) is 0 Å². The smallest absolute Gasteiger partial charge is 0.245 e. The monoisotopic (exact) mass is 393 g/mol. The Morgan fingerprint density at radius 1 is 1.17 bits per heavy atom. The van der Waals surface area contributed by atoms with Gasteiger partial charge in [-0.1, -0.05) is 0 Å². The van der Waals surface area contributed by atoms with Crippen molar-refractivity contribution in [1.82, 2.24) is 34.4 Å². The lowest BCUT2D eigenvalue weighted by Crippen LogP contribution is -2.32. The number of fused-ring (bicyclic) bond motifs is 1. The summed E-state index contributed by atoms with van der Waals surface area (Å²) < 4.78 is 8.19. The number of aryl methyl sites for hydroxylation is 2. The Hall–Kier alpha value is -3.10. The van der Waals surface area contributed by atoms with Crippen molar-refractivity contribution in [2.45, 2.75) is 45.8 Å². The van der Waals surface area contributed by atoms with Crippen LogP contribution in [0.5, 0.6) is 5.88 Å². The molecule has 0 radical (unpaired) electrons. The fraction of sp³-hybridized carbons (Fsp3) is 0.500. The van der Waals surface area contributed by atoms with E-state index >= 15 is 0 Å². The second-order valence-corrected chi connectivity index (χ2v) is 7.64. The largest absolute Gasteiger partial charge is 0.471 e. The van der Waals surface area contributed by atoms with Gasteiger partial charge < -0.3 is 14.2 Å². The van der Waals surface area contributed by atoms with Crippen LogP contribution in [0.15, 0.2) is 18.7 Å². The van der Waals surface area contributed by atoms with E-state index in [2.05, 4.69) is 19.9 Å². The van der Waals surface area contributed by atoms with Crippen molar-refractivity contribution in [3.8, 4) is 17.3 Å². The predicted octanol–water partition coefficient (Wildman–Crippen LogP) is 2.00. The van der Waals surface area contributed by atoms with Crippen LogP contribution < -0.4 is 4.74 Å². The third kappa shape index (κ3) is 3.30. The second kappa shape index (κ2) is 7.06. The van der Waals surface area contributed by atoms with Crippen LogP contribution in [0.1, 0.15) is 32.0 Å². The van der Waals surface area contributed by atoms with E-state index in [1.165, 1.54) is 6.33 Å². The number of amides is 1. The Labute approximate surface area is 168 Å². The molecule has 4 heterocycles. The first-order valence-corrected chi connectivity index (χ1v) is 10.1. The van der Waals surface area contributed by atoms with Crippen LogP contribution in [-0.2, 0) is 11.3 Å². The van der Waals surface area contributed by atoms with Gasteiger partial charge in [0.25, 0.3) is 0 Å². The van der Waals surface area contributed by atoms with Crippen LogP contribution in [0.3, 0.4) is 0 Å². The van der Waals surface area contributed by atoms with Gasteiger partial charge in [-0.05, 0) is 26.7 Å². The minimum atomic E-state index is -0.0752. The fourth-order valence-electron chi connectivity index (χ4n) is 3.80. The highest BCUT2D eigenvalue weighted by atomic mass is 16.5. The second-order valence-electron chi connectivity index (χ2n) is 7.64. The van der Waals surface area contributed by atoms with E-state index < -0.39 is 0 Å². The Morgan fingerprint density at radius 2 is 1.97 bits per heavy atom. The predicted molar refractivity (Wildman–Crippen MR) is 105 cm³/mol. The molecule has 5 rings (SSSR count). The molecule has 0 spiro atoms. The van der Waals surface area contributed by atoms with Crippen molar-refractivity contribution in [3.63, 3.8) is 0 Å². The normalized spacial score (nSPS) is 19.1. The number of nitrogens with zero attached hydrogens (tertiary/aromatic N) is 7. The number of carbonyl (C=O) groups excluding carboxylic acids is 1. The lowest BCUT2D eigenvalue weighted by molar-refractivity contribution is -0.131. The molecule has 29 heavy (non-hydrogen) atoms. The van der Waals surface area contributed by atoms with Crippen molar-refractivity contribution in [2.24, 2.45) is 5.92 Å². The van der Waals surface area contributed by atoms with E-state index in [0.717, 1.165) is 42.8 Å². The Bertz CT molecular complexity index is 1060. The SMILES string of the molecule is CCn1c(-c2cnc(C)nc2)nc2c(OC3CCN(C(=O)C4CC4)C3)ncnc21. The molecule has 1 atom stereocenters. The molecular formula is C20H23N7O2. The van der Waals surface area contributed by atoms with E-state index in [1.807, 2.05) is 23.3 Å². The zero-order chi connectivity index (χ0) is 20.0. The summed E-state index contributed by atoms with van der Waals surface area (Å²) in [5.41, 5.74) is 2.16.